The van der Waals surface area contributed by atoms with Gasteiger partial charge in [0.2, 0.25) is 0 Å². The van der Waals surface area contributed by atoms with Gasteiger partial charge in [0.15, 0.2) is 0 Å². The molecule has 2 aromatic heterocycles. The van der Waals surface area contributed by atoms with Crippen molar-refractivity contribution in [1.29, 1.82) is 0 Å². The number of benzene rings is 2. The fourth-order valence-corrected chi connectivity index (χ4v) is 4.95. The number of piperazine rings is 1. The lowest BCUT2D eigenvalue weighted by atomic mass is 10.0. The first kappa shape index (κ1) is 27.7. The summed E-state index contributed by atoms with van der Waals surface area (Å²) in [6.07, 6.45) is -0.775. The molecule has 0 bridgehead atoms. The predicted molar refractivity (Wildman–Crippen MR) is 151 cm³/mol. The Balaban J connectivity index is 1.28. The number of rotatable bonds is 7. The zero-order valence-corrected chi connectivity index (χ0v) is 22.8. The van der Waals surface area contributed by atoms with Crippen LogP contribution >= 0.6 is 0 Å². The first-order valence-corrected chi connectivity index (χ1v) is 13.2. The smallest absolute Gasteiger partial charge is 0.381 e. The van der Waals surface area contributed by atoms with Crippen LogP contribution in [-0.4, -0.2) is 58.5 Å². The number of aryl methyl sites for hydroxylation is 2. The Kier molecular flexibility index (Phi) is 7.82. The van der Waals surface area contributed by atoms with Crippen LogP contribution in [-0.2, 0) is 26.3 Å². The van der Waals surface area contributed by atoms with E-state index in [1.807, 2.05) is 55.0 Å². The second-order valence-electron chi connectivity index (χ2n) is 10.5. The Hall–Kier alpha value is -3.89. The summed E-state index contributed by atoms with van der Waals surface area (Å²) in [6.45, 7) is 5.71. The van der Waals surface area contributed by atoms with Gasteiger partial charge in [-0.3, -0.25) is 9.69 Å². The van der Waals surface area contributed by atoms with Crippen molar-refractivity contribution in [2.75, 3.05) is 43.9 Å². The molecule has 2 N–H and O–H groups in total. The van der Waals surface area contributed by atoms with Crippen molar-refractivity contribution < 1.29 is 18.0 Å². The predicted octanol–water partition coefficient (Wildman–Crippen LogP) is 5.51. The number of nitrogens with zero attached hydrogens (tertiary/aromatic N) is 4. The van der Waals surface area contributed by atoms with Crippen LogP contribution in [0.15, 0.2) is 60.9 Å². The molecule has 0 atom stereocenters. The van der Waals surface area contributed by atoms with E-state index in [1.54, 1.807) is 12.1 Å². The van der Waals surface area contributed by atoms with Gasteiger partial charge in [-0.25, -0.2) is 4.98 Å². The van der Waals surface area contributed by atoms with Crippen molar-refractivity contribution in [1.82, 2.24) is 19.4 Å². The van der Waals surface area contributed by atoms with Crippen molar-refractivity contribution >= 4 is 28.3 Å². The van der Waals surface area contributed by atoms with Gasteiger partial charge in [-0.2, -0.15) is 13.2 Å². The van der Waals surface area contributed by atoms with Crippen LogP contribution in [0.3, 0.4) is 0 Å². The molecule has 210 valence electrons. The fourth-order valence-electron chi connectivity index (χ4n) is 4.95. The molecule has 2 aromatic carbocycles. The number of anilines is 2. The van der Waals surface area contributed by atoms with Gasteiger partial charge in [-0.15, -0.1) is 0 Å². The summed E-state index contributed by atoms with van der Waals surface area (Å²) in [5.74, 6) is -0.592. The molecular formula is C30H33F3N6O. The highest BCUT2D eigenvalue weighted by Gasteiger charge is 2.34. The van der Waals surface area contributed by atoms with Gasteiger partial charge >= 0.3 is 6.18 Å². The molecular weight excluding hydrogens is 517 g/mol. The molecule has 1 aliphatic rings. The zero-order valence-electron chi connectivity index (χ0n) is 22.8. The molecule has 4 aromatic rings. The van der Waals surface area contributed by atoms with E-state index in [2.05, 4.69) is 26.6 Å². The number of carbonyl (C=O) groups excluding carboxylic acids is 1. The number of halogens is 3. The Morgan fingerprint density at radius 2 is 1.77 bits per heavy atom. The Bertz CT molecular complexity index is 1520. The summed E-state index contributed by atoms with van der Waals surface area (Å²) in [5.41, 5.74) is 3.56. The lowest BCUT2D eigenvalue weighted by Gasteiger charge is -2.33. The molecule has 1 saturated heterocycles. The summed E-state index contributed by atoms with van der Waals surface area (Å²) in [5, 5.41) is 7.18. The van der Waals surface area contributed by atoms with Gasteiger partial charge in [0.05, 0.1) is 5.56 Å². The number of hydrogen-bond acceptors (Lipinski definition) is 5. The second-order valence-corrected chi connectivity index (χ2v) is 10.5. The highest BCUT2D eigenvalue weighted by atomic mass is 19.4. The quantitative estimate of drug-likeness (QED) is 0.318. The van der Waals surface area contributed by atoms with Crippen LogP contribution in [0.1, 0.15) is 32.6 Å². The van der Waals surface area contributed by atoms with E-state index in [0.29, 0.717) is 25.3 Å². The largest absolute Gasteiger partial charge is 0.416 e. The number of pyridine rings is 1. The molecule has 5 rings (SSSR count). The summed E-state index contributed by atoms with van der Waals surface area (Å²) in [7, 11) is 3.95. The molecule has 0 spiro atoms. The molecule has 1 amide bonds. The van der Waals surface area contributed by atoms with Crippen molar-refractivity contribution in [3.63, 3.8) is 0 Å². The third-order valence-corrected chi connectivity index (χ3v) is 7.41. The topological polar surface area (TPSA) is 65.4 Å². The Morgan fingerprint density at radius 1 is 1.00 bits per heavy atom. The number of hydrogen-bond donors (Lipinski definition) is 2. The summed E-state index contributed by atoms with van der Waals surface area (Å²) >= 11 is 0. The van der Waals surface area contributed by atoms with E-state index in [9.17, 15) is 18.0 Å². The lowest BCUT2D eigenvalue weighted by molar-refractivity contribution is -0.138. The van der Waals surface area contributed by atoms with E-state index >= 15 is 0 Å². The van der Waals surface area contributed by atoms with Gasteiger partial charge in [-0.1, -0.05) is 12.1 Å². The van der Waals surface area contributed by atoms with Gasteiger partial charge in [-0.05, 0) is 67.1 Å². The molecule has 40 heavy (non-hydrogen) atoms. The van der Waals surface area contributed by atoms with Crippen molar-refractivity contribution in [2.24, 2.45) is 7.05 Å². The number of fused-ring (bicyclic) bond motifs is 1. The average molecular weight is 551 g/mol. The SMILES string of the molecule is Cc1ccc(NC(=O)c2ccc(CN3CCN(C)CC3)c(C(F)(F)F)c2)cc1NCc1cnc2c(ccn2C)c1. The first-order valence-electron chi connectivity index (χ1n) is 13.2. The molecule has 0 saturated carbocycles. The number of aromatic nitrogens is 2. The molecule has 1 aliphatic heterocycles. The highest BCUT2D eigenvalue weighted by molar-refractivity contribution is 6.04. The molecule has 0 radical (unpaired) electrons. The van der Waals surface area contributed by atoms with Crippen molar-refractivity contribution in [3.05, 3.63) is 88.7 Å². The van der Waals surface area contributed by atoms with Crippen LogP contribution in [0.2, 0.25) is 0 Å². The van der Waals surface area contributed by atoms with Gasteiger partial charge in [0, 0.05) is 81.0 Å². The minimum Gasteiger partial charge on any atom is -0.381 e. The standard InChI is InChI=1S/C30H33F3N6O/c1-20-4-7-25(16-27(20)34-17-21-14-22-8-9-38(3)28(22)35-18-21)36-29(40)23-5-6-24(26(15-23)30(31,32)33)19-39-12-10-37(2)11-13-39/h4-9,14-16,18,34H,10-13,17,19H2,1-3H3,(H,36,40). The van der Waals surface area contributed by atoms with Crippen LogP contribution in [0.5, 0.6) is 0 Å². The first-order chi connectivity index (χ1) is 19.1. The van der Waals surface area contributed by atoms with Gasteiger partial charge < -0.3 is 20.1 Å². The van der Waals surface area contributed by atoms with Crippen molar-refractivity contribution in [3.8, 4) is 0 Å². The maximum atomic E-state index is 14.0. The van der Waals surface area contributed by atoms with E-state index in [0.717, 1.165) is 47.0 Å². The van der Waals surface area contributed by atoms with Crippen LogP contribution in [0.4, 0.5) is 24.5 Å². The van der Waals surface area contributed by atoms with E-state index < -0.39 is 17.6 Å². The maximum absolute atomic E-state index is 14.0. The van der Waals surface area contributed by atoms with E-state index in [4.69, 9.17) is 0 Å². The third-order valence-electron chi connectivity index (χ3n) is 7.41. The zero-order chi connectivity index (χ0) is 28.4. The number of alkyl halides is 3. The monoisotopic (exact) mass is 550 g/mol. The summed E-state index contributed by atoms with van der Waals surface area (Å²) in [6, 6.07) is 13.3. The van der Waals surface area contributed by atoms with Crippen LogP contribution in [0.25, 0.3) is 11.0 Å². The molecule has 0 aliphatic carbocycles. The molecule has 3 heterocycles. The third kappa shape index (κ3) is 6.29. The lowest BCUT2D eigenvalue weighted by Crippen LogP contribution is -2.44. The Labute approximate surface area is 231 Å². The van der Waals surface area contributed by atoms with Crippen LogP contribution in [0, 0.1) is 6.92 Å². The number of carbonyl (C=O) groups is 1. The molecule has 7 nitrogen and oxygen atoms in total. The van der Waals surface area contributed by atoms with Crippen LogP contribution < -0.4 is 10.6 Å². The minimum absolute atomic E-state index is 0.0354. The average Bonchev–Trinajstić information content (AvgIpc) is 3.29. The summed E-state index contributed by atoms with van der Waals surface area (Å²) in [4.78, 5) is 21.7. The molecule has 0 unspecified atom stereocenters. The Morgan fingerprint density at radius 3 is 2.52 bits per heavy atom. The van der Waals surface area contributed by atoms with Gasteiger partial charge in [0.25, 0.3) is 5.91 Å². The molecule has 10 heteroatoms. The number of nitrogens with one attached hydrogen (secondary N) is 2. The number of amides is 1. The van der Waals surface area contributed by atoms with E-state index in [1.165, 1.54) is 12.1 Å². The van der Waals surface area contributed by atoms with E-state index in [-0.39, 0.29) is 17.7 Å². The highest BCUT2D eigenvalue weighted by Crippen LogP contribution is 2.34. The second kappa shape index (κ2) is 11.3. The molecule has 1 fully saturated rings. The minimum atomic E-state index is -4.56. The normalized spacial score (nSPS) is 14.9. The maximum Gasteiger partial charge on any atom is 0.416 e. The number of likely N-dealkylation sites (N-methyl/N-ethyl adjacent to an activating group) is 1. The van der Waals surface area contributed by atoms with Crippen molar-refractivity contribution in [2.45, 2.75) is 26.2 Å². The summed E-state index contributed by atoms with van der Waals surface area (Å²) < 4.78 is 43.9. The van der Waals surface area contributed by atoms with Gasteiger partial charge in [0.1, 0.15) is 5.65 Å². The fraction of sp³-hybridized carbons (Fsp3) is 0.333.